The van der Waals surface area contributed by atoms with Crippen molar-refractivity contribution < 1.29 is 29.9 Å². The second-order valence-corrected chi connectivity index (χ2v) is 8.24. The Hall–Kier alpha value is -2.75. The van der Waals surface area contributed by atoms with Crippen molar-refractivity contribution in [2.24, 2.45) is 7.05 Å². The van der Waals surface area contributed by atoms with Gasteiger partial charge in [-0.3, -0.25) is 0 Å². The van der Waals surface area contributed by atoms with Crippen LogP contribution >= 0.6 is 0 Å². The molecule has 1 saturated heterocycles. The molecule has 4 rings (SSSR count). The molecular formula is C24H28N2O6. The summed E-state index contributed by atoms with van der Waals surface area (Å²) in [5, 5.41) is 40.0. The van der Waals surface area contributed by atoms with E-state index in [0.717, 1.165) is 16.7 Å². The van der Waals surface area contributed by atoms with Crippen LogP contribution in [0.2, 0.25) is 0 Å². The van der Waals surface area contributed by atoms with Gasteiger partial charge in [0.15, 0.2) is 0 Å². The summed E-state index contributed by atoms with van der Waals surface area (Å²) < 4.78 is 13.3. The van der Waals surface area contributed by atoms with Crippen LogP contribution in [0.25, 0.3) is 0 Å². The van der Waals surface area contributed by atoms with Gasteiger partial charge in [-0.1, -0.05) is 30.3 Å². The molecule has 0 bridgehead atoms. The number of hydrogen-bond acceptors (Lipinski definition) is 7. The van der Waals surface area contributed by atoms with E-state index in [-0.39, 0.29) is 0 Å². The highest BCUT2D eigenvalue weighted by Crippen LogP contribution is 2.33. The molecule has 1 aromatic heterocycles. The Balaban J connectivity index is 1.50. The van der Waals surface area contributed by atoms with Crippen molar-refractivity contribution in [2.75, 3.05) is 6.61 Å². The summed E-state index contributed by atoms with van der Waals surface area (Å²) in [5.74, 6) is 1.22. The average Bonchev–Trinajstić information content (AvgIpc) is 3.20. The SMILES string of the molecule is Cc1ccc([C@@H]2O[C@H](CO)[C@@H](O)[C@H](O)[C@H]2O)cc1Cc1ccc(Oc2cn(C)cn2)cc1. The maximum atomic E-state index is 10.4. The highest BCUT2D eigenvalue weighted by atomic mass is 16.5. The van der Waals surface area contributed by atoms with E-state index < -0.39 is 37.1 Å². The molecule has 1 fully saturated rings. The monoisotopic (exact) mass is 440 g/mol. The summed E-state index contributed by atoms with van der Waals surface area (Å²) in [7, 11) is 1.88. The molecule has 8 nitrogen and oxygen atoms in total. The van der Waals surface area contributed by atoms with Gasteiger partial charge in [0.25, 0.3) is 0 Å². The first kappa shape index (κ1) is 22.4. The Morgan fingerprint density at radius 1 is 1.03 bits per heavy atom. The van der Waals surface area contributed by atoms with Gasteiger partial charge in [0.05, 0.1) is 19.1 Å². The van der Waals surface area contributed by atoms with E-state index >= 15 is 0 Å². The van der Waals surface area contributed by atoms with Crippen molar-refractivity contribution in [3.63, 3.8) is 0 Å². The van der Waals surface area contributed by atoms with Crippen LogP contribution in [0.15, 0.2) is 55.0 Å². The average molecular weight is 440 g/mol. The zero-order valence-electron chi connectivity index (χ0n) is 18.0. The van der Waals surface area contributed by atoms with Crippen molar-refractivity contribution in [2.45, 2.75) is 43.9 Å². The summed E-state index contributed by atoms with van der Waals surface area (Å²) in [6, 6.07) is 13.4. The third kappa shape index (κ3) is 4.69. The molecule has 0 aliphatic carbocycles. The largest absolute Gasteiger partial charge is 0.438 e. The van der Waals surface area contributed by atoms with Crippen LogP contribution in [0.1, 0.15) is 28.4 Å². The predicted molar refractivity (Wildman–Crippen MR) is 116 cm³/mol. The number of benzene rings is 2. The second-order valence-electron chi connectivity index (χ2n) is 8.24. The molecular weight excluding hydrogens is 412 g/mol. The van der Waals surface area contributed by atoms with Crippen LogP contribution < -0.4 is 4.74 Å². The standard InChI is InChI=1S/C24H28N2O6/c1-14-3-6-16(24-23(30)22(29)21(28)19(12-27)32-24)10-17(14)9-15-4-7-18(8-5-15)31-20-11-26(2)13-25-20/h3-8,10-11,13,19,21-24,27-30H,9,12H2,1-2H3/t19-,21-,22+,23-,24+/m1/s1. The Kier molecular flexibility index (Phi) is 6.59. The molecule has 8 heteroatoms. The first-order valence-electron chi connectivity index (χ1n) is 10.5. The van der Waals surface area contributed by atoms with Crippen LogP contribution in [0.3, 0.4) is 0 Å². The van der Waals surface area contributed by atoms with E-state index in [4.69, 9.17) is 9.47 Å². The van der Waals surface area contributed by atoms with Crippen molar-refractivity contribution in [3.05, 3.63) is 77.2 Å². The van der Waals surface area contributed by atoms with E-state index in [1.165, 1.54) is 0 Å². The maximum Gasteiger partial charge on any atom is 0.237 e. The fourth-order valence-corrected chi connectivity index (χ4v) is 3.89. The fraction of sp³-hybridized carbons (Fsp3) is 0.375. The number of ether oxygens (including phenoxy) is 2. The highest BCUT2D eigenvalue weighted by molar-refractivity contribution is 5.38. The van der Waals surface area contributed by atoms with Gasteiger partial charge in [-0.05, 0) is 47.7 Å². The summed E-state index contributed by atoms with van der Waals surface area (Å²) in [6.45, 7) is 1.55. The van der Waals surface area contributed by atoms with E-state index in [0.29, 0.717) is 23.6 Å². The number of nitrogens with zero attached hydrogens (tertiary/aromatic N) is 2. The smallest absolute Gasteiger partial charge is 0.237 e. The first-order chi connectivity index (χ1) is 15.4. The predicted octanol–water partition coefficient (Wildman–Crippen LogP) is 1.63. The maximum absolute atomic E-state index is 10.4. The fourth-order valence-electron chi connectivity index (χ4n) is 3.89. The number of imidazole rings is 1. The number of aliphatic hydroxyl groups is 4. The van der Waals surface area contributed by atoms with Crippen LogP contribution in [0, 0.1) is 6.92 Å². The Labute approximate surface area is 186 Å². The van der Waals surface area contributed by atoms with Crippen LogP contribution in [0.4, 0.5) is 0 Å². The molecule has 2 aromatic carbocycles. The molecule has 1 aliphatic rings. The lowest BCUT2D eigenvalue weighted by Gasteiger charge is -2.40. The summed E-state index contributed by atoms with van der Waals surface area (Å²) in [4.78, 5) is 4.15. The van der Waals surface area contributed by atoms with Gasteiger partial charge in [0, 0.05) is 7.05 Å². The molecule has 0 radical (unpaired) electrons. The summed E-state index contributed by atoms with van der Waals surface area (Å²) in [6.07, 6.45) is -1.73. The molecule has 0 amide bonds. The van der Waals surface area contributed by atoms with Gasteiger partial charge >= 0.3 is 0 Å². The first-order valence-corrected chi connectivity index (χ1v) is 10.5. The Morgan fingerprint density at radius 2 is 1.78 bits per heavy atom. The summed E-state index contributed by atoms with van der Waals surface area (Å²) >= 11 is 0. The van der Waals surface area contributed by atoms with Crippen molar-refractivity contribution in [3.8, 4) is 11.6 Å². The topological polar surface area (TPSA) is 117 Å². The van der Waals surface area contributed by atoms with E-state index in [1.54, 1.807) is 12.5 Å². The molecule has 4 N–H and O–H groups in total. The highest BCUT2D eigenvalue weighted by Gasteiger charge is 2.43. The number of aryl methyl sites for hydroxylation is 2. The van der Waals surface area contributed by atoms with Gasteiger partial charge in [-0.15, -0.1) is 0 Å². The van der Waals surface area contributed by atoms with Crippen molar-refractivity contribution in [1.82, 2.24) is 9.55 Å². The normalized spacial score (nSPS) is 25.6. The van der Waals surface area contributed by atoms with Gasteiger partial charge in [0.2, 0.25) is 5.88 Å². The molecule has 0 spiro atoms. The molecule has 32 heavy (non-hydrogen) atoms. The lowest BCUT2D eigenvalue weighted by molar-refractivity contribution is -0.231. The minimum Gasteiger partial charge on any atom is -0.438 e. The van der Waals surface area contributed by atoms with Crippen LogP contribution in [0.5, 0.6) is 11.6 Å². The van der Waals surface area contributed by atoms with Gasteiger partial charge in [-0.2, -0.15) is 0 Å². The molecule has 0 unspecified atom stereocenters. The van der Waals surface area contributed by atoms with E-state index in [9.17, 15) is 20.4 Å². The van der Waals surface area contributed by atoms with Crippen molar-refractivity contribution >= 4 is 0 Å². The molecule has 3 aromatic rings. The third-order valence-corrected chi connectivity index (χ3v) is 5.82. The molecule has 5 atom stereocenters. The molecule has 0 saturated carbocycles. The zero-order valence-corrected chi connectivity index (χ0v) is 18.0. The number of rotatable bonds is 6. The Bertz CT molecular complexity index is 1050. The quantitative estimate of drug-likeness (QED) is 0.460. The lowest BCUT2D eigenvalue weighted by atomic mass is 9.89. The van der Waals surface area contributed by atoms with E-state index in [1.807, 2.05) is 61.0 Å². The van der Waals surface area contributed by atoms with Crippen LogP contribution in [-0.2, 0) is 18.2 Å². The number of aromatic nitrogens is 2. The minimum atomic E-state index is -1.40. The molecule has 2 heterocycles. The number of hydrogen-bond donors (Lipinski definition) is 4. The van der Waals surface area contributed by atoms with E-state index in [2.05, 4.69) is 4.98 Å². The van der Waals surface area contributed by atoms with Crippen molar-refractivity contribution in [1.29, 1.82) is 0 Å². The molecule has 170 valence electrons. The van der Waals surface area contributed by atoms with Gasteiger partial charge < -0.3 is 34.5 Å². The minimum absolute atomic E-state index is 0.451. The Morgan fingerprint density at radius 3 is 2.44 bits per heavy atom. The third-order valence-electron chi connectivity index (χ3n) is 5.82. The zero-order chi connectivity index (χ0) is 22.8. The molecule has 1 aliphatic heterocycles. The van der Waals surface area contributed by atoms with Crippen LogP contribution in [-0.4, -0.2) is 61.0 Å². The second kappa shape index (κ2) is 9.40. The number of aliphatic hydroxyl groups excluding tert-OH is 4. The van der Waals surface area contributed by atoms with Gasteiger partial charge in [-0.25, -0.2) is 4.98 Å². The summed E-state index contributed by atoms with van der Waals surface area (Å²) in [5.41, 5.74) is 3.87. The van der Waals surface area contributed by atoms with Gasteiger partial charge in [0.1, 0.15) is 36.3 Å². The lowest BCUT2D eigenvalue weighted by Crippen LogP contribution is -2.55.